The molecule has 0 saturated carbocycles. The lowest BCUT2D eigenvalue weighted by Crippen LogP contribution is -2.23. The number of para-hydroxylation sites is 1. The first-order valence-corrected chi connectivity index (χ1v) is 11.3. The van der Waals surface area contributed by atoms with Gasteiger partial charge in [0.1, 0.15) is 23.6 Å². The smallest absolute Gasteiger partial charge is 0.256 e. The van der Waals surface area contributed by atoms with Gasteiger partial charge in [-0.3, -0.25) is 14.5 Å². The molecule has 9 nitrogen and oxygen atoms in total. The highest BCUT2D eigenvalue weighted by Crippen LogP contribution is 2.22. The highest BCUT2D eigenvalue weighted by molar-refractivity contribution is 6.35. The average Bonchev–Trinajstić information content (AvgIpc) is 3.44. The van der Waals surface area contributed by atoms with E-state index in [2.05, 4.69) is 25.4 Å². The SMILES string of the molecule is Nc1nn(Cc2ccc(COc3ccccc3)nc2)cc1C(=O)NCc1cnc2[nH]cc(Cl)c2c1. The molecule has 176 valence electrons. The monoisotopic (exact) mass is 487 g/mol. The summed E-state index contributed by atoms with van der Waals surface area (Å²) in [5.41, 5.74) is 9.56. The Morgan fingerprint density at radius 3 is 2.74 bits per heavy atom. The number of benzene rings is 1. The van der Waals surface area contributed by atoms with Crippen molar-refractivity contribution in [1.29, 1.82) is 0 Å². The van der Waals surface area contributed by atoms with Gasteiger partial charge in [0.25, 0.3) is 5.91 Å². The molecular formula is C25H22ClN7O2. The number of rotatable bonds is 8. The Hall–Kier alpha value is -4.37. The van der Waals surface area contributed by atoms with Gasteiger partial charge in [0.05, 0.1) is 17.3 Å². The predicted molar refractivity (Wildman–Crippen MR) is 133 cm³/mol. The summed E-state index contributed by atoms with van der Waals surface area (Å²) in [6, 6.07) is 15.3. The van der Waals surface area contributed by atoms with Gasteiger partial charge in [-0.15, -0.1) is 0 Å². The number of pyridine rings is 2. The fraction of sp³-hybridized carbons (Fsp3) is 0.120. The zero-order valence-electron chi connectivity index (χ0n) is 18.6. The van der Waals surface area contributed by atoms with Gasteiger partial charge >= 0.3 is 0 Å². The summed E-state index contributed by atoms with van der Waals surface area (Å²) in [6.07, 6.45) is 6.75. The number of halogens is 1. The number of fused-ring (bicyclic) bond motifs is 1. The Morgan fingerprint density at radius 2 is 1.94 bits per heavy atom. The lowest BCUT2D eigenvalue weighted by atomic mass is 10.2. The van der Waals surface area contributed by atoms with E-state index in [-0.39, 0.29) is 18.3 Å². The minimum absolute atomic E-state index is 0.158. The summed E-state index contributed by atoms with van der Waals surface area (Å²) in [4.78, 5) is 24.4. The van der Waals surface area contributed by atoms with Crippen molar-refractivity contribution in [2.24, 2.45) is 0 Å². The molecule has 0 radical (unpaired) electrons. The van der Waals surface area contributed by atoms with E-state index in [1.165, 1.54) is 0 Å². The highest BCUT2D eigenvalue weighted by atomic mass is 35.5. The topological polar surface area (TPSA) is 124 Å². The highest BCUT2D eigenvalue weighted by Gasteiger charge is 2.15. The summed E-state index contributed by atoms with van der Waals surface area (Å²) in [5, 5.41) is 8.51. The van der Waals surface area contributed by atoms with Gasteiger partial charge in [0, 0.05) is 36.7 Å². The Kier molecular flexibility index (Phi) is 6.32. The number of hydrogen-bond donors (Lipinski definition) is 3. The molecule has 0 unspecified atom stereocenters. The summed E-state index contributed by atoms with van der Waals surface area (Å²) in [6.45, 7) is 1.09. The zero-order valence-corrected chi connectivity index (χ0v) is 19.4. The summed E-state index contributed by atoms with van der Waals surface area (Å²) < 4.78 is 7.34. The molecule has 10 heteroatoms. The minimum atomic E-state index is -0.319. The number of ether oxygens (including phenoxy) is 1. The molecule has 4 N–H and O–H groups in total. The normalized spacial score (nSPS) is 11.0. The Balaban J connectivity index is 1.18. The molecule has 1 amide bonds. The first-order valence-electron chi connectivity index (χ1n) is 10.9. The van der Waals surface area contributed by atoms with E-state index < -0.39 is 0 Å². The molecule has 4 heterocycles. The molecule has 35 heavy (non-hydrogen) atoms. The van der Waals surface area contributed by atoms with Crippen LogP contribution in [0.15, 0.2) is 73.3 Å². The number of hydrogen-bond acceptors (Lipinski definition) is 6. The van der Waals surface area contributed by atoms with Crippen LogP contribution in [0.4, 0.5) is 5.82 Å². The number of amides is 1. The summed E-state index contributed by atoms with van der Waals surface area (Å²) >= 11 is 6.15. The number of nitrogens with one attached hydrogen (secondary N) is 2. The van der Waals surface area contributed by atoms with Crippen LogP contribution in [0.25, 0.3) is 11.0 Å². The maximum Gasteiger partial charge on any atom is 0.256 e. The van der Waals surface area contributed by atoms with Crippen LogP contribution in [-0.4, -0.2) is 30.6 Å². The molecule has 0 aliphatic rings. The lowest BCUT2D eigenvalue weighted by molar-refractivity contribution is 0.0951. The number of carbonyl (C=O) groups excluding carboxylic acids is 1. The van der Waals surface area contributed by atoms with E-state index in [0.29, 0.717) is 29.4 Å². The lowest BCUT2D eigenvalue weighted by Gasteiger charge is -2.06. The van der Waals surface area contributed by atoms with Crippen LogP contribution in [0, 0.1) is 0 Å². The molecular weight excluding hydrogens is 466 g/mol. The molecule has 0 atom stereocenters. The van der Waals surface area contributed by atoms with Gasteiger partial charge in [0.15, 0.2) is 5.82 Å². The molecule has 5 aromatic rings. The number of anilines is 1. The van der Waals surface area contributed by atoms with Crippen molar-refractivity contribution in [2.75, 3.05) is 5.73 Å². The largest absolute Gasteiger partial charge is 0.487 e. The van der Waals surface area contributed by atoms with Crippen molar-refractivity contribution >= 4 is 34.4 Å². The van der Waals surface area contributed by atoms with Gasteiger partial charge in [-0.25, -0.2) is 4.98 Å². The van der Waals surface area contributed by atoms with Crippen molar-refractivity contribution in [1.82, 2.24) is 30.0 Å². The standard InChI is InChI=1S/C25H22ClN7O2/c26-22-12-30-24-20(22)8-17(10-29-24)11-31-25(34)21-14-33(32-23(21)27)13-16-6-7-18(28-9-16)15-35-19-4-2-1-3-5-19/h1-10,12,14H,11,13,15H2,(H2,27,32)(H,29,30)(H,31,34). The van der Waals surface area contributed by atoms with Crippen molar-refractivity contribution in [3.63, 3.8) is 0 Å². The Morgan fingerprint density at radius 1 is 1.11 bits per heavy atom. The van der Waals surface area contributed by atoms with E-state index in [9.17, 15) is 4.79 Å². The van der Waals surface area contributed by atoms with Crippen molar-refractivity contribution < 1.29 is 9.53 Å². The molecule has 0 fully saturated rings. The Labute approximate surface area is 205 Å². The van der Waals surface area contributed by atoms with Crippen LogP contribution in [0.2, 0.25) is 5.02 Å². The first kappa shape index (κ1) is 22.4. The molecule has 5 rings (SSSR count). The number of aromatic nitrogens is 5. The number of nitrogen functional groups attached to an aromatic ring is 1. The minimum Gasteiger partial charge on any atom is -0.487 e. The van der Waals surface area contributed by atoms with Crippen LogP contribution < -0.4 is 15.8 Å². The van der Waals surface area contributed by atoms with Gasteiger partial charge in [-0.2, -0.15) is 5.10 Å². The third kappa shape index (κ3) is 5.25. The van der Waals surface area contributed by atoms with E-state index in [4.69, 9.17) is 22.1 Å². The molecule has 1 aromatic carbocycles. The van der Waals surface area contributed by atoms with Gasteiger partial charge < -0.3 is 20.8 Å². The summed E-state index contributed by atoms with van der Waals surface area (Å²) in [7, 11) is 0. The third-order valence-corrected chi connectivity index (χ3v) is 5.70. The maximum absolute atomic E-state index is 12.7. The van der Waals surface area contributed by atoms with Crippen LogP contribution in [-0.2, 0) is 19.7 Å². The summed E-state index contributed by atoms with van der Waals surface area (Å²) in [5.74, 6) is 0.632. The second kappa shape index (κ2) is 9.86. The van der Waals surface area contributed by atoms with E-state index >= 15 is 0 Å². The van der Waals surface area contributed by atoms with Gasteiger partial charge in [-0.1, -0.05) is 35.9 Å². The van der Waals surface area contributed by atoms with Gasteiger partial charge in [-0.05, 0) is 35.4 Å². The molecule has 0 spiro atoms. The number of nitrogens with two attached hydrogens (primary N) is 1. The average molecular weight is 488 g/mol. The zero-order chi connectivity index (χ0) is 24.2. The number of nitrogens with zero attached hydrogens (tertiary/aromatic N) is 4. The van der Waals surface area contributed by atoms with Crippen molar-refractivity contribution in [2.45, 2.75) is 19.7 Å². The van der Waals surface area contributed by atoms with Crippen LogP contribution in [0.5, 0.6) is 5.75 Å². The van der Waals surface area contributed by atoms with E-state index in [0.717, 1.165) is 28.0 Å². The third-order valence-electron chi connectivity index (χ3n) is 5.39. The van der Waals surface area contributed by atoms with Crippen LogP contribution >= 0.6 is 11.6 Å². The molecule has 0 aliphatic heterocycles. The molecule has 0 saturated heterocycles. The molecule has 0 aliphatic carbocycles. The maximum atomic E-state index is 12.7. The second-order valence-electron chi connectivity index (χ2n) is 7.94. The first-order chi connectivity index (χ1) is 17.0. The van der Waals surface area contributed by atoms with Crippen molar-refractivity contribution in [3.05, 3.63) is 101 Å². The quantitative estimate of drug-likeness (QED) is 0.304. The molecule has 4 aromatic heterocycles. The fourth-order valence-electron chi connectivity index (χ4n) is 3.58. The second-order valence-corrected chi connectivity index (χ2v) is 8.35. The van der Waals surface area contributed by atoms with E-state index in [1.54, 1.807) is 29.5 Å². The fourth-order valence-corrected chi connectivity index (χ4v) is 3.77. The number of aromatic amines is 1. The van der Waals surface area contributed by atoms with Crippen LogP contribution in [0.3, 0.4) is 0 Å². The van der Waals surface area contributed by atoms with Crippen LogP contribution in [0.1, 0.15) is 27.2 Å². The van der Waals surface area contributed by atoms with E-state index in [1.807, 2.05) is 48.5 Å². The number of carbonyl (C=O) groups is 1. The van der Waals surface area contributed by atoms with Gasteiger partial charge in [0.2, 0.25) is 0 Å². The Bertz CT molecular complexity index is 1460. The predicted octanol–water partition coefficient (Wildman–Crippen LogP) is 3.95. The number of H-pyrrole nitrogens is 1. The van der Waals surface area contributed by atoms with Crippen molar-refractivity contribution in [3.8, 4) is 5.75 Å². The molecule has 0 bridgehead atoms.